The van der Waals surface area contributed by atoms with Crippen molar-refractivity contribution in [2.75, 3.05) is 6.61 Å². The Morgan fingerprint density at radius 3 is 2.62 bits per heavy atom. The summed E-state index contributed by atoms with van der Waals surface area (Å²) in [5.74, 6) is 6.36. The van der Waals surface area contributed by atoms with E-state index < -0.39 is 8.07 Å². The molecule has 0 amide bonds. The molecule has 2 heterocycles. The van der Waals surface area contributed by atoms with Crippen LogP contribution < -0.4 is 0 Å². The molecule has 0 saturated heterocycles. The van der Waals surface area contributed by atoms with Crippen molar-refractivity contribution in [3.63, 3.8) is 0 Å². The van der Waals surface area contributed by atoms with E-state index in [1.807, 2.05) is 41.1 Å². The number of hydrogen-bond acceptors (Lipinski definition) is 3. The van der Waals surface area contributed by atoms with E-state index in [2.05, 4.69) is 41.4 Å². The van der Waals surface area contributed by atoms with Gasteiger partial charge in [-0.25, -0.2) is 9.97 Å². The van der Waals surface area contributed by atoms with Crippen LogP contribution in [-0.2, 0) is 11.5 Å². The summed E-state index contributed by atoms with van der Waals surface area (Å²) in [5, 5.41) is 1.18. The van der Waals surface area contributed by atoms with Gasteiger partial charge in [-0.1, -0.05) is 61.3 Å². The van der Waals surface area contributed by atoms with Crippen LogP contribution in [-0.4, -0.2) is 29.2 Å². The standard InChI is InChI=1S/C20H22ClN3OSi/c1-26(2,3)12-11-25-15-24-13-17(10-9-16-7-5-4-6-8-16)18-19(21)22-14-23-20(18)24/h4-8,13-14H,11-12,15H2,1-3H3. The van der Waals surface area contributed by atoms with Crippen LogP contribution in [0.1, 0.15) is 11.1 Å². The number of benzene rings is 1. The lowest BCUT2D eigenvalue weighted by Gasteiger charge is -2.15. The van der Waals surface area contributed by atoms with Gasteiger partial charge in [-0.15, -0.1) is 0 Å². The van der Waals surface area contributed by atoms with Gasteiger partial charge in [-0.05, 0) is 18.2 Å². The van der Waals surface area contributed by atoms with Crippen LogP contribution in [0.15, 0.2) is 42.9 Å². The van der Waals surface area contributed by atoms with E-state index in [9.17, 15) is 0 Å². The minimum absolute atomic E-state index is 0.410. The smallest absolute Gasteiger partial charge is 0.148 e. The maximum absolute atomic E-state index is 6.31. The molecule has 134 valence electrons. The van der Waals surface area contributed by atoms with Gasteiger partial charge in [0.2, 0.25) is 0 Å². The zero-order chi connectivity index (χ0) is 18.6. The molecule has 2 aromatic heterocycles. The topological polar surface area (TPSA) is 39.9 Å². The average molecular weight is 384 g/mol. The van der Waals surface area contributed by atoms with E-state index in [-0.39, 0.29) is 0 Å². The van der Waals surface area contributed by atoms with Gasteiger partial charge in [0.05, 0.1) is 10.9 Å². The average Bonchev–Trinajstić information content (AvgIpc) is 2.96. The molecule has 0 saturated carbocycles. The monoisotopic (exact) mass is 383 g/mol. The summed E-state index contributed by atoms with van der Waals surface area (Å²) >= 11 is 6.31. The van der Waals surface area contributed by atoms with Gasteiger partial charge < -0.3 is 9.30 Å². The van der Waals surface area contributed by atoms with E-state index in [1.165, 1.54) is 6.33 Å². The summed E-state index contributed by atoms with van der Waals surface area (Å²) in [6.45, 7) is 8.20. The number of rotatable bonds is 5. The number of hydrogen-bond donors (Lipinski definition) is 0. The number of halogens is 1. The number of ether oxygens (including phenoxy) is 1. The summed E-state index contributed by atoms with van der Waals surface area (Å²) in [6, 6.07) is 11.0. The molecule has 6 heteroatoms. The zero-order valence-electron chi connectivity index (χ0n) is 15.3. The summed E-state index contributed by atoms with van der Waals surface area (Å²) < 4.78 is 7.81. The molecule has 4 nitrogen and oxygen atoms in total. The van der Waals surface area contributed by atoms with Crippen LogP contribution in [0.4, 0.5) is 0 Å². The van der Waals surface area contributed by atoms with Crippen molar-refractivity contribution in [3.8, 4) is 11.8 Å². The fourth-order valence-corrected chi connectivity index (χ4v) is 3.47. The minimum atomic E-state index is -1.11. The molecule has 0 aliphatic rings. The molecule has 26 heavy (non-hydrogen) atoms. The first-order valence-corrected chi connectivity index (χ1v) is 12.7. The molecule has 0 radical (unpaired) electrons. The molecular weight excluding hydrogens is 362 g/mol. The Morgan fingerprint density at radius 1 is 1.12 bits per heavy atom. The van der Waals surface area contributed by atoms with Crippen molar-refractivity contribution in [1.82, 2.24) is 14.5 Å². The summed E-state index contributed by atoms with van der Waals surface area (Å²) in [4.78, 5) is 8.48. The minimum Gasteiger partial charge on any atom is -0.361 e. The lowest BCUT2D eigenvalue weighted by atomic mass is 10.2. The zero-order valence-corrected chi connectivity index (χ0v) is 17.0. The van der Waals surface area contributed by atoms with Gasteiger partial charge in [-0.2, -0.15) is 0 Å². The maximum atomic E-state index is 6.31. The fourth-order valence-electron chi connectivity index (χ4n) is 2.48. The third-order valence-corrected chi connectivity index (χ3v) is 5.94. The Bertz CT molecular complexity index is 952. The molecule has 0 aliphatic carbocycles. The van der Waals surface area contributed by atoms with Crippen LogP contribution in [0, 0.1) is 11.8 Å². The van der Waals surface area contributed by atoms with Crippen molar-refractivity contribution >= 4 is 30.7 Å². The van der Waals surface area contributed by atoms with E-state index in [1.54, 1.807) is 0 Å². The second-order valence-corrected chi connectivity index (χ2v) is 13.3. The van der Waals surface area contributed by atoms with Gasteiger partial charge in [0.25, 0.3) is 0 Å². The molecule has 0 aliphatic heterocycles. The third kappa shape index (κ3) is 4.73. The first-order valence-electron chi connectivity index (χ1n) is 8.58. The molecule has 0 N–H and O–H groups in total. The Kier molecular flexibility index (Phi) is 5.77. The second kappa shape index (κ2) is 8.04. The molecule has 0 fully saturated rings. The molecule has 0 bridgehead atoms. The lowest BCUT2D eigenvalue weighted by molar-refractivity contribution is 0.0898. The Morgan fingerprint density at radius 2 is 1.88 bits per heavy atom. The maximum Gasteiger partial charge on any atom is 0.148 e. The quantitative estimate of drug-likeness (QED) is 0.275. The summed E-state index contributed by atoms with van der Waals surface area (Å²) in [6.07, 6.45) is 3.41. The number of fused-ring (bicyclic) bond motifs is 1. The fraction of sp³-hybridized carbons (Fsp3) is 0.300. The van der Waals surface area contributed by atoms with Gasteiger partial charge in [0.15, 0.2) is 0 Å². The highest BCUT2D eigenvalue weighted by atomic mass is 35.5. The Labute approximate surface area is 160 Å². The highest BCUT2D eigenvalue weighted by Crippen LogP contribution is 2.25. The predicted octanol–water partition coefficient (Wildman–Crippen LogP) is 4.80. The molecular formula is C20H22ClN3OSi. The van der Waals surface area contributed by atoms with E-state index in [4.69, 9.17) is 16.3 Å². The molecule has 3 rings (SSSR count). The van der Waals surface area contributed by atoms with Crippen molar-refractivity contribution in [3.05, 3.63) is 59.1 Å². The number of aromatic nitrogens is 3. The van der Waals surface area contributed by atoms with E-state index in [0.717, 1.165) is 34.8 Å². The second-order valence-electron chi connectivity index (χ2n) is 7.34. The third-order valence-electron chi connectivity index (χ3n) is 3.95. The van der Waals surface area contributed by atoms with Crippen LogP contribution in [0.5, 0.6) is 0 Å². The van der Waals surface area contributed by atoms with Crippen LogP contribution in [0.3, 0.4) is 0 Å². The Balaban J connectivity index is 1.86. The molecule has 0 unspecified atom stereocenters. The molecule has 0 atom stereocenters. The van der Waals surface area contributed by atoms with E-state index in [0.29, 0.717) is 11.9 Å². The van der Waals surface area contributed by atoms with Crippen molar-refractivity contribution in [2.45, 2.75) is 32.4 Å². The first-order chi connectivity index (χ1) is 12.4. The van der Waals surface area contributed by atoms with Crippen molar-refractivity contribution in [2.24, 2.45) is 0 Å². The van der Waals surface area contributed by atoms with Gasteiger partial charge in [0, 0.05) is 26.4 Å². The van der Waals surface area contributed by atoms with E-state index >= 15 is 0 Å². The summed E-state index contributed by atoms with van der Waals surface area (Å²) in [5.41, 5.74) is 2.51. The van der Waals surface area contributed by atoms with Gasteiger partial charge in [-0.3, -0.25) is 0 Å². The molecule has 1 aromatic carbocycles. The normalized spacial score (nSPS) is 11.4. The highest BCUT2D eigenvalue weighted by molar-refractivity contribution is 6.76. The summed E-state index contributed by atoms with van der Waals surface area (Å²) in [7, 11) is -1.11. The largest absolute Gasteiger partial charge is 0.361 e. The lowest BCUT2D eigenvalue weighted by Crippen LogP contribution is -2.22. The number of nitrogens with zero attached hydrogens (tertiary/aromatic N) is 3. The van der Waals surface area contributed by atoms with Gasteiger partial charge in [0.1, 0.15) is 23.9 Å². The highest BCUT2D eigenvalue weighted by Gasteiger charge is 2.14. The van der Waals surface area contributed by atoms with Crippen molar-refractivity contribution < 1.29 is 4.74 Å². The Hall–Kier alpha value is -2.13. The molecule has 3 aromatic rings. The molecule has 0 spiro atoms. The SMILES string of the molecule is C[Si](C)(C)CCOCn1cc(C#Cc2ccccc2)c2c(Cl)ncnc21. The van der Waals surface area contributed by atoms with Gasteiger partial charge >= 0.3 is 0 Å². The van der Waals surface area contributed by atoms with Crippen molar-refractivity contribution in [1.29, 1.82) is 0 Å². The van der Waals surface area contributed by atoms with Crippen LogP contribution in [0.2, 0.25) is 30.8 Å². The van der Waals surface area contributed by atoms with Crippen LogP contribution in [0.25, 0.3) is 11.0 Å². The van der Waals surface area contributed by atoms with Crippen LogP contribution >= 0.6 is 11.6 Å². The first kappa shape index (κ1) is 18.7. The predicted molar refractivity (Wildman–Crippen MR) is 109 cm³/mol.